The molecule has 1 aromatic carbocycles. The van der Waals surface area contributed by atoms with Gasteiger partial charge in [0.25, 0.3) is 5.91 Å². The number of morpholine rings is 1. The van der Waals surface area contributed by atoms with Gasteiger partial charge < -0.3 is 15.0 Å². The van der Waals surface area contributed by atoms with Crippen molar-refractivity contribution in [1.82, 2.24) is 5.32 Å². The van der Waals surface area contributed by atoms with Crippen LogP contribution in [0.5, 0.6) is 0 Å². The number of carbonyl (C=O) groups is 2. The van der Waals surface area contributed by atoms with Crippen molar-refractivity contribution in [2.75, 3.05) is 24.6 Å². The Balaban J connectivity index is 2.06. The molecular weight excluding hydrogens is 268 g/mol. The Morgan fingerprint density at radius 1 is 1.58 bits per heavy atom. The van der Waals surface area contributed by atoms with Gasteiger partial charge in [0.05, 0.1) is 12.6 Å². The summed E-state index contributed by atoms with van der Waals surface area (Å²) in [6.07, 6.45) is -0.208. The molecule has 1 aromatic rings. The molecule has 1 atom stereocenters. The first-order valence-corrected chi connectivity index (χ1v) is 6.36. The molecule has 1 aliphatic rings. The number of benzene rings is 1. The molecule has 102 valence electrons. The van der Waals surface area contributed by atoms with Crippen LogP contribution in [0.15, 0.2) is 24.3 Å². The van der Waals surface area contributed by atoms with Crippen molar-refractivity contribution >= 4 is 29.1 Å². The molecule has 1 aliphatic heterocycles. The van der Waals surface area contributed by atoms with E-state index in [9.17, 15) is 9.59 Å². The van der Waals surface area contributed by atoms with Crippen LogP contribution in [-0.4, -0.2) is 37.6 Å². The van der Waals surface area contributed by atoms with Crippen LogP contribution in [0.2, 0.25) is 5.02 Å². The number of hydrogen-bond donors (Lipinski definition) is 1. The third kappa shape index (κ3) is 3.68. The average Bonchev–Trinajstić information content (AvgIpc) is 2.37. The number of anilines is 1. The standard InChI is InChI=1S/C13H15ClN2O3/c1-9(17)15-6-12-7-16(13(18)8-19-12)11-4-2-3-10(14)5-11/h2-5,12H,6-8H2,1H3,(H,15,17). The van der Waals surface area contributed by atoms with Crippen LogP contribution in [0.25, 0.3) is 0 Å². The van der Waals surface area contributed by atoms with E-state index in [0.717, 1.165) is 5.69 Å². The fourth-order valence-electron chi connectivity index (χ4n) is 1.90. The van der Waals surface area contributed by atoms with E-state index in [1.807, 2.05) is 6.07 Å². The minimum Gasteiger partial charge on any atom is -0.365 e. The van der Waals surface area contributed by atoms with E-state index in [-0.39, 0.29) is 24.5 Å². The lowest BCUT2D eigenvalue weighted by atomic mass is 10.2. The molecule has 6 heteroatoms. The second-order valence-electron chi connectivity index (χ2n) is 4.35. The first-order chi connectivity index (χ1) is 9.06. The molecule has 0 saturated carbocycles. The summed E-state index contributed by atoms with van der Waals surface area (Å²) < 4.78 is 5.38. The number of nitrogens with zero attached hydrogens (tertiary/aromatic N) is 1. The minimum absolute atomic E-state index is 0.0107. The lowest BCUT2D eigenvalue weighted by Gasteiger charge is -2.32. The van der Waals surface area contributed by atoms with Crippen LogP contribution >= 0.6 is 11.6 Å². The zero-order valence-electron chi connectivity index (χ0n) is 10.6. The first kappa shape index (κ1) is 13.8. The Morgan fingerprint density at radius 3 is 3.05 bits per heavy atom. The molecular formula is C13H15ClN2O3. The predicted molar refractivity (Wildman–Crippen MR) is 72.2 cm³/mol. The molecule has 2 amide bonds. The fraction of sp³-hybridized carbons (Fsp3) is 0.385. The quantitative estimate of drug-likeness (QED) is 0.906. The van der Waals surface area contributed by atoms with Gasteiger partial charge in [0.2, 0.25) is 5.91 Å². The predicted octanol–water partition coefficient (Wildman–Crippen LogP) is 1.21. The van der Waals surface area contributed by atoms with E-state index in [0.29, 0.717) is 18.1 Å². The lowest BCUT2D eigenvalue weighted by molar-refractivity contribution is -0.129. The van der Waals surface area contributed by atoms with E-state index < -0.39 is 0 Å². The largest absolute Gasteiger partial charge is 0.365 e. The van der Waals surface area contributed by atoms with Crippen molar-refractivity contribution in [3.63, 3.8) is 0 Å². The molecule has 0 radical (unpaired) electrons. The highest BCUT2D eigenvalue weighted by molar-refractivity contribution is 6.30. The van der Waals surface area contributed by atoms with Crippen LogP contribution in [0, 0.1) is 0 Å². The first-order valence-electron chi connectivity index (χ1n) is 5.98. The highest BCUT2D eigenvalue weighted by Crippen LogP contribution is 2.22. The lowest BCUT2D eigenvalue weighted by Crippen LogP contribution is -2.50. The van der Waals surface area contributed by atoms with Crippen molar-refractivity contribution in [3.05, 3.63) is 29.3 Å². The maximum Gasteiger partial charge on any atom is 0.253 e. The van der Waals surface area contributed by atoms with Crippen molar-refractivity contribution in [2.45, 2.75) is 13.0 Å². The fourth-order valence-corrected chi connectivity index (χ4v) is 2.08. The summed E-state index contributed by atoms with van der Waals surface area (Å²) in [5.41, 5.74) is 0.744. The van der Waals surface area contributed by atoms with Gasteiger partial charge in [-0.1, -0.05) is 17.7 Å². The van der Waals surface area contributed by atoms with Gasteiger partial charge >= 0.3 is 0 Å². The smallest absolute Gasteiger partial charge is 0.253 e. The number of rotatable bonds is 3. The van der Waals surface area contributed by atoms with Crippen LogP contribution < -0.4 is 10.2 Å². The maximum absolute atomic E-state index is 11.9. The normalized spacial score (nSPS) is 19.4. The molecule has 0 aromatic heterocycles. The third-order valence-electron chi connectivity index (χ3n) is 2.83. The summed E-state index contributed by atoms with van der Waals surface area (Å²) in [6.45, 7) is 2.25. The molecule has 1 N–H and O–H groups in total. The molecule has 0 bridgehead atoms. The molecule has 1 fully saturated rings. The number of ether oxygens (including phenoxy) is 1. The van der Waals surface area contributed by atoms with Crippen LogP contribution in [0.3, 0.4) is 0 Å². The van der Waals surface area contributed by atoms with Crippen molar-refractivity contribution < 1.29 is 14.3 Å². The average molecular weight is 283 g/mol. The Labute approximate surface area is 116 Å². The molecule has 2 rings (SSSR count). The number of amides is 2. The second-order valence-corrected chi connectivity index (χ2v) is 4.79. The Hall–Kier alpha value is -1.59. The summed E-state index contributed by atoms with van der Waals surface area (Å²) in [7, 11) is 0. The molecule has 5 nitrogen and oxygen atoms in total. The second kappa shape index (κ2) is 6.04. The van der Waals surface area contributed by atoms with Gasteiger partial charge in [0, 0.05) is 24.2 Å². The van der Waals surface area contributed by atoms with Crippen LogP contribution in [0.1, 0.15) is 6.92 Å². The van der Waals surface area contributed by atoms with Crippen molar-refractivity contribution in [3.8, 4) is 0 Å². The van der Waals surface area contributed by atoms with Crippen LogP contribution in [-0.2, 0) is 14.3 Å². The van der Waals surface area contributed by atoms with E-state index >= 15 is 0 Å². The van der Waals surface area contributed by atoms with Crippen LogP contribution in [0.4, 0.5) is 5.69 Å². The minimum atomic E-state index is -0.208. The number of halogens is 1. The molecule has 1 saturated heterocycles. The van der Waals surface area contributed by atoms with Gasteiger partial charge in [-0.15, -0.1) is 0 Å². The van der Waals surface area contributed by atoms with Crippen molar-refractivity contribution in [1.29, 1.82) is 0 Å². The van der Waals surface area contributed by atoms with E-state index in [4.69, 9.17) is 16.3 Å². The highest BCUT2D eigenvalue weighted by Gasteiger charge is 2.27. The zero-order valence-corrected chi connectivity index (χ0v) is 11.3. The number of nitrogens with one attached hydrogen (secondary N) is 1. The SMILES string of the molecule is CC(=O)NCC1CN(c2cccc(Cl)c2)C(=O)CO1. The van der Waals surface area contributed by atoms with Gasteiger partial charge in [0.1, 0.15) is 6.61 Å². The molecule has 1 heterocycles. The van der Waals surface area contributed by atoms with Gasteiger partial charge in [-0.25, -0.2) is 0 Å². The summed E-state index contributed by atoms with van der Waals surface area (Å²) in [5, 5.41) is 3.26. The molecule has 1 unspecified atom stereocenters. The van der Waals surface area contributed by atoms with Gasteiger partial charge in [-0.3, -0.25) is 9.59 Å². The summed E-state index contributed by atoms with van der Waals surface area (Å²) in [6, 6.07) is 7.11. The number of carbonyl (C=O) groups excluding carboxylic acids is 2. The molecule has 19 heavy (non-hydrogen) atoms. The molecule has 0 aliphatic carbocycles. The number of hydrogen-bond acceptors (Lipinski definition) is 3. The van der Waals surface area contributed by atoms with Crippen molar-refractivity contribution in [2.24, 2.45) is 0 Å². The summed E-state index contributed by atoms with van der Waals surface area (Å²) in [5.74, 6) is -0.226. The highest BCUT2D eigenvalue weighted by atomic mass is 35.5. The zero-order chi connectivity index (χ0) is 13.8. The monoisotopic (exact) mass is 282 g/mol. The van der Waals surface area contributed by atoms with Gasteiger partial charge in [0.15, 0.2) is 0 Å². The van der Waals surface area contributed by atoms with E-state index in [1.54, 1.807) is 23.1 Å². The maximum atomic E-state index is 11.9. The van der Waals surface area contributed by atoms with E-state index in [2.05, 4.69) is 5.32 Å². The summed E-state index contributed by atoms with van der Waals surface area (Å²) in [4.78, 5) is 24.4. The Kier molecular flexibility index (Phi) is 4.39. The topological polar surface area (TPSA) is 58.6 Å². The van der Waals surface area contributed by atoms with E-state index in [1.165, 1.54) is 6.92 Å². The Bertz CT molecular complexity index is 493. The summed E-state index contributed by atoms with van der Waals surface area (Å²) >= 11 is 5.92. The Morgan fingerprint density at radius 2 is 2.37 bits per heavy atom. The van der Waals surface area contributed by atoms with Gasteiger partial charge in [-0.2, -0.15) is 0 Å². The van der Waals surface area contributed by atoms with Gasteiger partial charge in [-0.05, 0) is 18.2 Å². The molecule has 0 spiro atoms. The third-order valence-corrected chi connectivity index (χ3v) is 3.06.